The number of nitrogens with zero attached hydrogens (tertiary/aromatic N) is 5. The Morgan fingerprint density at radius 2 is 1.37 bits per heavy atom. The zero-order valence-electron chi connectivity index (χ0n) is 31.1. The molecule has 57 heavy (non-hydrogen) atoms. The number of hydrogen-bond donors (Lipinski definition) is 1. The summed E-state index contributed by atoms with van der Waals surface area (Å²) in [5, 5.41) is 16.5. The zero-order valence-corrected chi connectivity index (χ0v) is 32.6. The molecule has 2 saturated heterocycles. The van der Waals surface area contributed by atoms with Crippen molar-refractivity contribution in [3.05, 3.63) is 124 Å². The first kappa shape index (κ1) is 43.3. The van der Waals surface area contributed by atoms with Crippen LogP contribution < -0.4 is 4.90 Å². The van der Waals surface area contributed by atoms with Gasteiger partial charge in [0.15, 0.2) is 0 Å². The van der Waals surface area contributed by atoms with Crippen LogP contribution in [0.4, 0.5) is 34.6 Å². The molecule has 15 heteroatoms. The van der Waals surface area contributed by atoms with E-state index in [1.807, 2.05) is 58.3 Å². The fraction of sp³-hybridized carbons (Fsp3) is 0.357. The molecule has 0 aliphatic carbocycles. The van der Waals surface area contributed by atoms with Crippen molar-refractivity contribution in [2.24, 2.45) is 22.1 Å². The molecule has 302 valence electrons. The number of benzene rings is 4. The lowest BCUT2D eigenvalue weighted by Crippen LogP contribution is -2.45. The van der Waals surface area contributed by atoms with E-state index in [1.165, 1.54) is 17.7 Å². The third-order valence-electron chi connectivity index (χ3n) is 10.0. The molecule has 0 saturated carbocycles. The van der Waals surface area contributed by atoms with Gasteiger partial charge in [0.1, 0.15) is 5.82 Å². The standard InChI is InChI=1S/C40H42Cl2FN5O2.C2HF3O2/c41-37-16-15-36(28-38(37)42)48(22-4-21-46-23-17-30(18-24-46)27-29-7-11-33(43)12-8-29)40(50)32-19-25-47(26-20-32)39(49)31-9-13-35(14-10-31)45-44-34-5-2-1-3-6-34;3-2(4,5)1(6)7/h1-3,5-16,28,30,32H,4,17-27H2;(H,6,7). The fourth-order valence-electron chi connectivity index (χ4n) is 6.85. The van der Waals surface area contributed by atoms with Gasteiger partial charge < -0.3 is 19.8 Å². The Labute approximate surface area is 338 Å². The van der Waals surface area contributed by atoms with Crippen LogP contribution in [0.1, 0.15) is 48.0 Å². The van der Waals surface area contributed by atoms with Gasteiger partial charge in [-0.15, -0.1) is 0 Å². The average molecular weight is 829 g/mol. The van der Waals surface area contributed by atoms with Gasteiger partial charge in [-0.05, 0) is 136 Å². The summed E-state index contributed by atoms with van der Waals surface area (Å²) in [7, 11) is 0. The van der Waals surface area contributed by atoms with Crippen molar-refractivity contribution >= 4 is 58.0 Å². The van der Waals surface area contributed by atoms with E-state index in [9.17, 15) is 27.2 Å². The van der Waals surface area contributed by atoms with Crippen molar-refractivity contribution in [1.82, 2.24) is 9.80 Å². The first-order valence-electron chi connectivity index (χ1n) is 18.7. The maximum Gasteiger partial charge on any atom is 0.490 e. The van der Waals surface area contributed by atoms with Crippen molar-refractivity contribution in [3.63, 3.8) is 0 Å². The number of alkyl halides is 3. The second kappa shape index (κ2) is 20.5. The van der Waals surface area contributed by atoms with Crippen molar-refractivity contribution in [2.75, 3.05) is 44.2 Å². The molecule has 2 fully saturated rings. The molecule has 0 radical (unpaired) electrons. The molecule has 0 bridgehead atoms. The molecular formula is C42H43Cl2F4N5O4. The largest absolute Gasteiger partial charge is 0.490 e. The van der Waals surface area contributed by atoms with E-state index < -0.39 is 12.1 Å². The van der Waals surface area contributed by atoms with E-state index in [2.05, 4.69) is 15.1 Å². The lowest BCUT2D eigenvalue weighted by Gasteiger charge is -2.35. The predicted octanol–water partition coefficient (Wildman–Crippen LogP) is 10.4. The van der Waals surface area contributed by atoms with E-state index in [1.54, 1.807) is 36.4 Å². The molecule has 2 aliphatic heterocycles. The molecule has 0 unspecified atom stereocenters. The molecule has 0 spiro atoms. The van der Waals surface area contributed by atoms with E-state index >= 15 is 0 Å². The van der Waals surface area contributed by atoms with Crippen LogP contribution in [0.2, 0.25) is 10.0 Å². The minimum atomic E-state index is -5.08. The fourth-order valence-corrected chi connectivity index (χ4v) is 7.15. The highest BCUT2D eigenvalue weighted by Gasteiger charge is 2.38. The number of halogens is 6. The second-order valence-electron chi connectivity index (χ2n) is 14.0. The van der Waals surface area contributed by atoms with Crippen LogP contribution in [0.5, 0.6) is 0 Å². The van der Waals surface area contributed by atoms with Gasteiger partial charge in [-0.3, -0.25) is 9.59 Å². The molecule has 0 atom stereocenters. The zero-order chi connectivity index (χ0) is 41.0. The number of anilines is 1. The number of carbonyl (C=O) groups is 3. The Morgan fingerprint density at radius 3 is 1.95 bits per heavy atom. The summed E-state index contributed by atoms with van der Waals surface area (Å²) >= 11 is 12.6. The molecule has 1 N–H and O–H groups in total. The highest BCUT2D eigenvalue weighted by molar-refractivity contribution is 6.42. The summed E-state index contributed by atoms with van der Waals surface area (Å²) in [5.41, 5.74) is 3.95. The predicted molar refractivity (Wildman–Crippen MR) is 212 cm³/mol. The van der Waals surface area contributed by atoms with Gasteiger partial charge >= 0.3 is 12.1 Å². The quantitative estimate of drug-likeness (QED) is 0.120. The van der Waals surface area contributed by atoms with E-state index in [0.29, 0.717) is 59.7 Å². The maximum absolute atomic E-state index is 14.1. The van der Waals surface area contributed by atoms with Crippen LogP contribution >= 0.6 is 23.2 Å². The van der Waals surface area contributed by atoms with Crippen LogP contribution in [0, 0.1) is 17.7 Å². The van der Waals surface area contributed by atoms with Gasteiger partial charge in [0.2, 0.25) is 5.91 Å². The van der Waals surface area contributed by atoms with E-state index in [4.69, 9.17) is 33.1 Å². The van der Waals surface area contributed by atoms with Crippen LogP contribution in [0.15, 0.2) is 107 Å². The summed E-state index contributed by atoms with van der Waals surface area (Å²) in [6.07, 6.45) is 0.112. The Balaban J connectivity index is 0.000000811. The molecule has 4 aromatic carbocycles. The summed E-state index contributed by atoms with van der Waals surface area (Å²) in [6, 6.07) is 28.8. The Hall–Kier alpha value is -4.85. The van der Waals surface area contributed by atoms with Crippen molar-refractivity contribution in [2.45, 2.75) is 44.7 Å². The number of carbonyl (C=O) groups excluding carboxylic acids is 2. The van der Waals surface area contributed by atoms with Gasteiger partial charge in [0.25, 0.3) is 5.91 Å². The third-order valence-corrected chi connectivity index (χ3v) is 10.7. The van der Waals surface area contributed by atoms with E-state index in [0.717, 1.165) is 56.7 Å². The monoisotopic (exact) mass is 827 g/mol. The first-order chi connectivity index (χ1) is 27.3. The number of likely N-dealkylation sites (tertiary alicyclic amines) is 2. The topological polar surface area (TPSA) is 106 Å². The Bertz CT molecular complexity index is 1970. The molecule has 2 amide bonds. The maximum atomic E-state index is 14.1. The molecule has 6 rings (SSSR count). The molecule has 4 aromatic rings. The SMILES string of the molecule is O=C(O)C(F)(F)F.O=C(c1ccc(N=Nc2ccccc2)cc1)N1CCC(C(=O)N(CCCN2CCC(Cc3ccc(F)cc3)CC2)c2ccc(Cl)c(Cl)c2)CC1. The molecule has 2 heterocycles. The summed E-state index contributed by atoms with van der Waals surface area (Å²) in [6.45, 7) is 4.51. The molecule has 9 nitrogen and oxygen atoms in total. The van der Waals surface area contributed by atoms with Crippen LogP contribution in [-0.4, -0.2) is 78.1 Å². The van der Waals surface area contributed by atoms with Crippen molar-refractivity contribution in [3.8, 4) is 0 Å². The smallest absolute Gasteiger partial charge is 0.475 e. The van der Waals surface area contributed by atoms with Crippen LogP contribution in [0.25, 0.3) is 0 Å². The van der Waals surface area contributed by atoms with Crippen molar-refractivity contribution < 1.29 is 37.1 Å². The Morgan fingerprint density at radius 1 is 0.772 bits per heavy atom. The number of piperidine rings is 2. The highest BCUT2D eigenvalue weighted by atomic mass is 35.5. The van der Waals surface area contributed by atoms with Gasteiger partial charge in [0, 0.05) is 36.8 Å². The molecule has 0 aromatic heterocycles. The lowest BCUT2D eigenvalue weighted by molar-refractivity contribution is -0.192. The van der Waals surface area contributed by atoms with Gasteiger partial charge in [-0.2, -0.15) is 23.4 Å². The number of azo groups is 1. The van der Waals surface area contributed by atoms with Crippen molar-refractivity contribution in [1.29, 1.82) is 0 Å². The minimum Gasteiger partial charge on any atom is -0.475 e. The summed E-state index contributed by atoms with van der Waals surface area (Å²) in [4.78, 5) is 42.4. The van der Waals surface area contributed by atoms with Gasteiger partial charge in [0.05, 0.1) is 21.4 Å². The van der Waals surface area contributed by atoms with Gasteiger partial charge in [-0.25, -0.2) is 9.18 Å². The summed E-state index contributed by atoms with van der Waals surface area (Å²) in [5.74, 6) is -2.55. The molecular weight excluding hydrogens is 785 g/mol. The van der Waals surface area contributed by atoms with Crippen LogP contribution in [0.3, 0.4) is 0 Å². The number of carboxylic acid groups (broad SMARTS) is 1. The highest BCUT2D eigenvalue weighted by Crippen LogP contribution is 2.31. The normalized spacial score (nSPS) is 15.6. The number of amides is 2. The van der Waals surface area contributed by atoms with E-state index in [-0.39, 0.29) is 23.5 Å². The lowest BCUT2D eigenvalue weighted by atomic mass is 9.90. The second-order valence-corrected chi connectivity index (χ2v) is 14.8. The number of aliphatic carboxylic acids is 1. The summed E-state index contributed by atoms with van der Waals surface area (Å²) < 4.78 is 45.0. The molecule has 2 aliphatic rings. The van der Waals surface area contributed by atoms with Crippen LogP contribution in [-0.2, 0) is 16.0 Å². The number of hydrogen-bond acceptors (Lipinski definition) is 6. The average Bonchev–Trinajstić information content (AvgIpc) is 3.21. The first-order valence-corrected chi connectivity index (χ1v) is 19.4. The third kappa shape index (κ3) is 13.1. The van der Waals surface area contributed by atoms with Gasteiger partial charge in [-0.1, -0.05) is 53.5 Å². The number of carboxylic acids is 1. The number of rotatable bonds is 11. The minimum absolute atomic E-state index is 0.0507. The Kier molecular flexibility index (Phi) is 15.6.